The Labute approximate surface area is 202 Å². The van der Waals surface area contributed by atoms with Crippen molar-refractivity contribution in [3.63, 3.8) is 0 Å². The van der Waals surface area contributed by atoms with Crippen LogP contribution in [-0.4, -0.2) is 27.5 Å². The summed E-state index contributed by atoms with van der Waals surface area (Å²) in [5.74, 6) is -0.327. The van der Waals surface area contributed by atoms with Crippen molar-refractivity contribution in [1.29, 1.82) is 0 Å². The average Bonchev–Trinajstić information content (AvgIpc) is 3.25. The molecule has 0 bridgehead atoms. The molecule has 0 aliphatic rings. The van der Waals surface area contributed by atoms with Crippen LogP contribution in [0.2, 0.25) is 0 Å². The molecule has 3 aromatic carbocycles. The quantitative estimate of drug-likeness (QED) is 0.144. The van der Waals surface area contributed by atoms with E-state index in [4.69, 9.17) is 0 Å². The number of anilines is 2. The number of carbonyl (C=O) groups excluding carboxylic acids is 2. The fourth-order valence-corrected chi connectivity index (χ4v) is 4.86. The molecule has 0 radical (unpaired) electrons. The number of nitro groups is 1. The first-order chi connectivity index (χ1) is 16.5. The zero-order valence-corrected chi connectivity index (χ0v) is 19.3. The summed E-state index contributed by atoms with van der Waals surface area (Å²) in [6, 6.07) is 20.7. The van der Waals surface area contributed by atoms with Crippen LogP contribution in [0, 0.1) is 10.1 Å². The summed E-state index contributed by atoms with van der Waals surface area (Å²) < 4.78 is 1.62. The third-order valence-electron chi connectivity index (χ3n) is 4.55. The molecule has 0 atom stereocenters. The normalized spacial score (nSPS) is 10.9. The van der Waals surface area contributed by atoms with E-state index in [1.165, 1.54) is 53.4 Å². The lowest BCUT2D eigenvalue weighted by Gasteiger charge is -2.03. The predicted octanol–water partition coefficient (Wildman–Crippen LogP) is 5.59. The third kappa shape index (κ3) is 6.27. The van der Waals surface area contributed by atoms with Crippen molar-refractivity contribution in [3.8, 4) is 0 Å². The number of aromatic nitrogens is 1. The van der Waals surface area contributed by atoms with Crippen LogP contribution < -0.4 is 10.6 Å². The maximum absolute atomic E-state index is 12.2. The van der Waals surface area contributed by atoms with E-state index in [2.05, 4.69) is 15.6 Å². The van der Waals surface area contributed by atoms with Crippen LogP contribution in [0.3, 0.4) is 0 Å². The largest absolute Gasteiger partial charge is 0.325 e. The molecule has 4 rings (SSSR count). The fraction of sp³-hybridized carbons (Fsp3) is 0.0417. The second-order valence-electron chi connectivity index (χ2n) is 7.04. The van der Waals surface area contributed by atoms with Crippen molar-refractivity contribution >= 4 is 68.3 Å². The predicted molar refractivity (Wildman–Crippen MR) is 136 cm³/mol. The highest BCUT2D eigenvalue weighted by atomic mass is 32.2. The molecule has 1 aromatic heterocycles. The Bertz CT molecular complexity index is 1370. The van der Waals surface area contributed by atoms with Crippen LogP contribution in [0.25, 0.3) is 16.3 Å². The number of hydrogen-bond donors (Lipinski definition) is 2. The number of nitro benzene ring substituents is 1. The van der Waals surface area contributed by atoms with Crippen molar-refractivity contribution in [2.24, 2.45) is 0 Å². The Morgan fingerprint density at radius 2 is 1.74 bits per heavy atom. The summed E-state index contributed by atoms with van der Waals surface area (Å²) in [6.07, 6.45) is 3.23. The second-order valence-corrected chi connectivity index (χ2v) is 9.29. The van der Waals surface area contributed by atoms with E-state index in [0.717, 1.165) is 20.1 Å². The van der Waals surface area contributed by atoms with Crippen LogP contribution in [0.1, 0.15) is 5.56 Å². The van der Waals surface area contributed by atoms with Crippen LogP contribution in [0.15, 0.2) is 83.2 Å². The number of carbonyl (C=O) groups is 2. The lowest BCUT2D eigenvalue weighted by Crippen LogP contribution is -2.13. The van der Waals surface area contributed by atoms with Gasteiger partial charge in [0, 0.05) is 29.6 Å². The number of nitrogens with one attached hydrogen (secondary N) is 2. The number of benzene rings is 3. The summed E-state index contributed by atoms with van der Waals surface area (Å²) >= 11 is 2.73. The highest BCUT2D eigenvalue weighted by molar-refractivity contribution is 8.01. The standard InChI is InChI=1S/C24H18N4O4S2/c29-22(13-6-16-4-2-1-3-5-16)26-18-9-12-20-21(14-18)34-24(27-20)33-15-23(30)25-17-7-10-19(11-8-17)28(31)32/h1-14H,15H2,(H,25,30)(H,26,29)/b13-6+. The summed E-state index contributed by atoms with van der Waals surface area (Å²) in [7, 11) is 0. The minimum Gasteiger partial charge on any atom is -0.325 e. The van der Waals surface area contributed by atoms with Gasteiger partial charge in [-0.25, -0.2) is 4.98 Å². The topological polar surface area (TPSA) is 114 Å². The average molecular weight is 491 g/mol. The van der Waals surface area contributed by atoms with Crippen molar-refractivity contribution in [1.82, 2.24) is 4.98 Å². The van der Waals surface area contributed by atoms with Gasteiger partial charge in [-0.3, -0.25) is 19.7 Å². The van der Waals surface area contributed by atoms with Gasteiger partial charge in [0.05, 0.1) is 20.9 Å². The summed E-state index contributed by atoms with van der Waals surface area (Å²) in [4.78, 5) is 39.2. The molecule has 0 aliphatic heterocycles. The van der Waals surface area contributed by atoms with Gasteiger partial charge in [-0.05, 0) is 42.0 Å². The lowest BCUT2D eigenvalue weighted by atomic mass is 10.2. The second kappa shape index (κ2) is 10.7. The van der Waals surface area contributed by atoms with Gasteiger partial charge in [0.1, 0.15) is 0 Å². The molecule has 0 unspecified atom stereocenters. The van der Waals surface area contributed by atoms with Gasteiger partial charge in [0.25, 0.3) is 5.69 Å². The highest BCUT2D eigenvalue weighted by Gasteiger charge is 2.10. The smallest absolute Gasteiger partial charge is 0.269 e. The number of hydrogen-bond acceptors (Lipinski definition) is 7. The molecule has 0 saturated carbocycles. The van der Waals surface area contributed by atoms with Crippen molar-refractivity contribution in [3.05, 3.63) is 94.6 Å². The number of rotatable bonds is 8. The van der Waals surface area contributed by atoms with E-state index in [9.17, 15) is 19.7 Å². The van der Waals surface area contributed by atoms with Crippen LogP contribution in [0.4, 0.5) is 17.1 Å². The first kappa shape index (κ1) is 23.1. The van der Waals surface area contributed by atoms with E-state index in [1.807, 2.05) is 42.5 Å². The SMILES string of the molecule is O=C(/C=C/c1ccccc1)Nc1ccc2nc(SCC(=O)Nc3ccc([N+](=O)[O-])cc3)sc2c1. The van der Waals surface area contributed by atoms with Gasteiger partial charge < -0.3 is 10.6 Å². The van der Waals surface area contributed by atoms with E-state index < -0.39 is 4.92 Å². The molecule has 0 saturated heterocycles. The molecule has 34 heavy (non-hydrogen) atoms. The van der Waals surface area contributed by atoms with E-state index in [1.54, 1.807) is 12.1 Å². The molecule has 2 N–H and O–H groups in total. The van der Waals surface area contributed by atoms with Gasteiger partial charge >= 0.3 is 0 Å². The van der Waals surface area contributed by atoms with E-state index in [-0.39, 0.29) is 23.3 Å². The van der Waals surface area contributed by atoms with Crippen molar-refractivity contribution in [2.75, 3.05) is 16.4 Å². The molecular formula is C24H18N4O4S2. The lowest BCUT2D eigenvalue weighted by molar-refractivity contribution is -0.384. The zero-order chi connectivity index (χ0) is 23.9. The van der Waals surface area contributed by atoms with E-state index in [0.29, 0.717) is 11.4 Å². The first-order valence-corrected chi connectivity index (χ1v) is 11.9. The molecule has 8 nitrogen and oxygen atoms in total. The minimum atomic E-state index is -0.493. The van der Waals surface area contributed by atoms with Gasteiger partial charge in [-0.2, -0.15) is 0 Å². The highest BCUT2D eigenvalue weighted by Crippen LogP contribution is 2.31. The van der Waals surface area contributed by atoms with Crippen LogP contribution in [0.5, 0.6) is 0 Å². The first-order valence-electron chi connectivity index (χ1n) is 10.1. The summed E-state index contributed by atoms with van der Waals surface area (Å²) in [5, 5.41) is 16.3. The number of thioether (sulfide) groups is 1. The molecule has 4 aromatic rings. The van der Waals surface area contributed by atoms with Crippen molar-refractivity contribution in [2.45, 2.75) is 4.34 Å². The Morgan fingerprint density at radius 3 is 2.47 bits per heavy atom. The molecular weight excluding hydrogens is 472 g/mol. The van der Waals surface area contributed by atoms with Gasteiger partial charge in [-0.1, -0.05) is 42.1 Å². The molecule has 0 aliphatic carbocycles. The number of thiazole rings is 1. The zero-order valence-electron chi connectivity index (χ0n) is 17.6. The molecule has 2 amide bonds. The summed E-state index contributed by atoms with van der Waals surface area (Å²) in [6.45, 7) is 0. The third-order valence-corrected chi connectivity index (χ3v) is 6.71. The van der Waals surface area contributed by atoms with Gasteiger partial charge in [-0.15, -0.1) is 11.3 Å². The Hall–Kier alpha value is -4.02. The number of fused-ring (bicyclic) bond motifs is 1. The number of amides is 2. The van der Waals surface area contributed by atoms with Crippen LogP contribution in [-0.2, 0) is 9.59 Å². The number of non-ortho nitro benzene ring substituents is 1. The van der Waals surface area contributed by atoms with Crippen LogP contribution >= 0.6 is 23.1 Å². The minimum absolute atomic E-state index is 0.0374. The Morgan fingerprint density at radius 1 is 1.00 bits per heavy atom. The maximum Gasteiger partial charge on any atom is 0.269 e. The van der Waals surface area contributed by atoms with Gasteiger partial charge in [0.2, 0.25) is 11.8 Å². The Balaban J connectivity index is 1.32. The maximum atomic E-state index is 12.2. The molecule has 0 spiro atoms. The van der Waals surface area contributed by atoms with Crippen molar-refractivity contribution < 1.29 is 14.5 Å². The van der Waals surface area contributed by atoms with E-state index >= 15 is 0 Å². The monoisotopic (exact) mass is 490 g/mol. The van der Waals surface area contributed by atoms with Gasteiger partial charge in [0.15, 0.2) is 4.34 Å². The summed E-state index contributed by atoms with van der Waals surface area (Å²) in [5.41, 5.74) is 2.83. The molecule has 170 valence electrons. The molecule has 10 heteroatoms. The fourth-order valence-electron chi connectivity index (χ4n) is 2.95. The molecule has 0 fully saturated rings. The Kier molecular flexibility index (Phi) is 7.31. The molecule has 1 heterocycles. The number of nitrogens with zero attached hydrogens (tertiary/aromatic N) is 2.